The number of rotatable bonds is 6. The van der Waals surface area contributed by atoms with Crippen molar-refractivity contribution in [2.24, 2.45) is 0 Å². The molecule has 4 N–H and O–H groups in total. The lowest BCUT2D eigenvalue weighted by Gasteiger charge is -2.07. The molecular formula is C11H14N4O3S. The number of nitrogens with zero attached hydrogens (tertiary/aromatic N) is 1. The molecule has 0 fully saturated rings. The first-order valence-electron chi connectivity index (χ1n) is 5.54. The molecule has 2 aromatic rings. The number of sulfonamides is 1. The van der Waals surface area contributed by atoms with E-state index >= 15 is 0 Å². The molecule has 0 aliphatic heterocycles. The van der Waals surface area contributed by atoms with E-state index in [0.29, 0.717) is 11.4 Å². The van der Waals surface area contributed by atoms with Crippen LogP contribution in [0, 0.1) is 0 Å². The van der Waals surface area contributed by atoms with Gasteiger partial charge in [-0.15, -0.1) is 0 Å². The lowest BCUT2D eigenvalue weighted by Crippen LogP contribution is -2.28. The SMILES string of the molecule is Nc1cccc(OCCNS(=O)(=O)c2cnc[nH]2)c1. The van der Waals surface area contributed by atoms with Gasteiger partial charge in [-0.2, -0.15) is 0 Å². The van der Waals surface area contributed by atoms with E-state index in [1.165, 1.54) is 12.5 Å². The Hall–Kier alpha value is -2.06. The van der Waals surface area contributed by atoms with E-state index in [0.717, 1.165) is 0 Å². The van der Waals surface area contributed by atoms with Crippen molar-refractivity contribution in [2.45, 2.75) is 5.03 Å². The minimum absolute atomic E-state index is 0.0245. The average molecular weight is 282 g/mol. The molecule has 0 unspecified atom stereocenters. The number of nitrogens with one attached hydrogen (secondary N) is 2. The van der Waals surface area contributed by atoms with Crippen molar-refractivity contribution in [3.63, 3.8) is 0 Å². The number of hydrogen-bond acceptors (Lipinski definition) is 5. The van der Waals surface area contributed by atoms with Crippen molar-refractivity contribution in [3.8, 4) is 5.75 Å². The van der Waals surface area contributed by atoms with E-state index in [9.17, 15) is 8.42 Å². The zero-order chi connectivity index (χ0) is 13.7. The van der Waals surface area contributed by atoms with E-state index in [1.54, 1.807) is 24.3 Å². The number of aromatic nitrogens is 2. The second kappa shape index (κ2) is 5.72. The maximum atomic E-state index is 11.7. The van der Waals surface area contributed by atoms with Crippen LogP contribution in [-0.4, -0.2) is 31.5 Å². The van der Waals surface area contributed by atoms with Gasteiger partial charge in [0.1, 0.15) is 12.4 Å². The fourth-order valence-corrected chi connectivity index (χ4v) is 2.33. The quantitative estimate of drug-likeness (QED) is 0.523. The molecule has 0 aliphatic carbocycles. The maximum Gasteiger partial charge on any atom is 0.257 e. The van der Waals surface area contributed by atoms with Crippen LogP contribution in [0.25, 0.3) is 0 Å². The van der Waals surface area contributed by atoms with Gasteiger partial charge < -0.3 is 15.5 Å². The van der Waals surface area contributed by atoms with Crippen LogP contribution in [0.5, 0.6) is 5.75 Å². The number of aromatic amines is 1. The summed E-state index contributed by atoms with van der Waals surface area (Å²) in [4.78, 5) is 6.18. The van der Waals surface area contributed by atoms with E-state index in [1.807, 2.05) is 0 Å². The summed E-state index contributed by atoms with van der Waals surface area (Å²) in [5.41, 5.74) is 6.19. The number of ether oxygens (including phenoxy) is 1. The van der Waals surface area contributed by atoms with Crippen LogP contribution in [0.3, 0.4) is 0 Å². The molecule has 0 saturated heterocycles. The molecule has 8 heteroatoms. The van der Waals surface area contributed by atoms with Crippen LogP contribution >= 0.6 is 0 Å². The third kappa shape index (κ3) is 3.70. The highest BCUT2D eigenvalue weighted by Crippen LogP contribution is 2.13. The lowest BCUT2D eigenvalue weighted by atomic mass is 10.3. The molecule has 19 heavy (non-hydrogen) atoms. The van der Waals surface area contributed by atoms with Crippen LogP contribution in [-0.2, 0) is 10.0 Å². The van der Waals surface area contributed by atoms with Crippen LogP contribution < -0.4 is 15.2 Å². The average Bonchev–Trinajstić information content (AvgIpc) is 2.89. The minimum Gasteiger partial charge on any atom is -0.492 e. The largest absolute Gasteiger partial charge is 0.492 e. The van der Waals surface area contributed by atoms with Crippen LogP contribution in [0.4, 0.5) is 5.69 Å². The zero-order valence-corrected chi connectivity index (χ0v) is 10.9. The molecule has 2 rings (SSSR count). The molecule has 0 bridgehead atoms. The number of imidazole rings is 1. The molecule has 0 spiro atoms. The second-order valence-corrected chi connectivity index (χ2v) is 5.47. The van der Waals surface area contributed by atoms with Gasteiger partial charge in [0.05, 0.1) is 12.5 Å². The molecule has 0 atom stereocenters. The third-order valence-electron chi connectivity index (χ3n) is 2.28. The highest BCUT2D eigenvalue weighted by molar-refractivity contribution is 7.89. The van der Waals surface area contributed by atoms with Crippen molar-refractivity contribution in [3.05, 3.63) is 36.8 Å². The Morgan fingerprint density at radius 1 is 1.42 bits per heavy atom. The number of hydrogen-bond donors (Lipinski definition) is 3. The van der Waals surface area contributed by atoms with Gasteiger partial charge >= 0.3 is 0 Å². The van der Waals surface area contributed by atoms with E-state index < -0.39 is 10.0 Å². The number of benzene rings is 1. The molecule has 7 nitrogen and oxygen atoms in total. The smallest absolute Gasteiger partial charge is 0.257 e. The monoisotopic (exact) mass is 282 g/mol. The van der Waals surface area contributed by atoms with E-state index in [-0.39, 0.29) is 18.2 Å². The first-order chi connectivity index (χ1) is 9.08. The summed E-state index contributed by atoms with van der Waals surface area (Å²) in [6, 6.07) is 6.93. The highest BCUT2D eigenvalue weighted by Gasteiger charge is 2.14. The van der Waals surface area contributed by atoms with Crippen molar-refractivity contribution in [1.29, 1.82) is 0 Å². The number of H-pyrrole nitrogens is 1. The Morgan fingerprint density at radius 3 is 2.95 bits per heavy atom. The predicted molar refractivity (Wildman–Crippen MR) is 70.1 cm³/mol. The van der Waals surface area contributed by atoms with Crippen molar-refractivity contribution in [2.75, 3.05) is 18.9 Å². The summed E-state index contributed by atoms with van der Waals surface area (Å²) in [5, 5.41) is 0.0245. The summed E-state index contributed by atoms with van der Waals surface area (Å²) in [7, 11) is -3.55. The summed E-state index contributed by atoms with van der Waals surface area (Å²) < 4.78 is 31.2. The Morgan fingerprint density at radius 2 is 2.26 bits per heavy atom. The van der Waals surface area contributed by atoms with Crippen LogP contribution in [0.1, 0.15) is 0 Å². The van der Waals surface area contributed by atoms with Gasteiger partial charge in [-0.25, -0.2) is 18.1 Å². The Kier molecular flexibility index (Phi) is 4.03. The Balaban J connectivity index is 1.81. The summed E-state index contributed by atoms with van der Waals surface area (Å²) in [6.07, 6.45) is 2.54. The van der Waals surface area contributed by atoms with E-state index in [4.69, 9.17) is 10.5 Å². The first kappa shape index (κ1) is 13.4. The van der Waals surface area contributed by atoms with Crippen LogP contribution in [0.2, 0.25) is 0 Å². The van der Waals surface area contributed by atoms with Crippen molar-refractivity contribution >= 4 is 15.7 Å². The standard InChI is InChI=1S/C11H14N4O3S/c12-9-2-1-3-10(6-9)18-5-4-15-19(16,17)11-7-13-8-14-11/h1-3,6-8,15H,4-5,12H2,(H,13,14). The Labute approximate surface area is 110 Å². The van der Waals surface area contributed by atoms with Crippen LogP contribution in [0.15, 0.2) is 41.8 Å². The number of anilines is 1. The zero-order valence-electron chi connectivity index (χ0n) is 10.0. The maximum absolute atomic E-state index is 11.7. The summed E-state index contributed by atoms with van der Waals surface area (Å²) in [6.45, 7) is 0.354. The van der Waals surface area contributed by atoms with Gasteiger partial charge in [-0.05, 0) is 12.1 Å². The molecule has 0 saturated carbocycles. The van der Waals surface area contributed by atoms with Gasteiger partial charge in [0.25, 0.3) is 10.0 Å². The van der Waals surface area contributed by atoms with E-state index in [2.05, 4.69) is 14.7 Å². The highest BCUT2D eigenvalue weighted by atomic mass is 32.2. The number of nitrogens with two attached hydrogens (primary N) is 1. The molecule has 0 aliphatic rings. The van der Waals surface area contributed by atoms with Crippen molar-refractivity contribution in [1.82, 2.24) is 14.7 Å². The van der Waals surface area contributed by atoms with Gasteiger partial charge in [0.15, 0.2) is 5.03 Å². The first-order valence-corrected chi connectivity index (χ1v) is 7.02. The molecule has 0 amide bonds. The van der Waals surface area contributed by atoms with Gasteiger partial charge in [-0.1, -0.05) is 6.07 Å². The summed E-state index contributed by atoms with van der Waals surface area (Å²) >= 11 is 0. The fourth-order valence-electron chi connectivity index (χ4n) is 1.42. The van der Waals surface area contributed by atoms with Gasteiger partial charge in [0, 0.05) is 18.3 Å². The van der Waals surface area contributed by atoms with Crippen molar-refractivity contribution < 1.29 is 13.2 Å². The van der Waals surface area contributed by atoms with Gasteiger partial charge in [-0.3, -0.25) is 0 Å². The normalized spacial score (nSPS) is 11.4. The number of nitrogen functional groups attached to an aromatic ring is 1. The molecule has 1 aromatic heterocycles. The predicted octanol–water partition coefficient (Wildman–Crippen LogP) is 0.349. The molecule has 0 radical (unpaired) electrons. The summed E-state index contributed by atoms with van der Waals surface area (Å²) in [5.74, 6) is 0.598. The Bertz CT molecular complexity index is 625. The third-order valence-corrected chi connectivity index (χ3v) is 3.67. The lowest BCUT2D eigenvalue weighted by molar-refractivity contribution is 0.323. The molecule has 1 aromatic carbocycles. The fraction of sp³-hybridized carbons (Fsp3) is 0.182. The minimum atomic E-state index is -3.55. The van der Waals surface area contributed by atoms with Gasteiger partial charge in [0.2, 0.25) is 0 Å². The second-order valence-electron chi connectivity index (χ2n) is 3.73. The molecule has 1 heterocycles. The topological polar surface area (TPSA) is 110 Å². The molecule has 102 valence electrons. The molecular weight excluding hydrogens is 268 g/mol.